The molecule has 3 aromatic carbocycles. The van der Waals surface area contributed by atoms with Crippen LogP contribution >= 0.6 is 0 Å². The molecule has 1 aliphatic rings. The standard InChI is InChI=1S/C23H20FN5O2/c24-16-11-13-19(14-12-16)29-21(22(25)30)15-20(26-29)23(31)27-28(17-7-3-1-4-8-17)18-9-5-2-6-10-18/h1-14,21H,15H2,(H2,25,30)(H,27,31)/t21-/m1/s1. The molecule has 1 heterocycles. The van der Waals surface area contributed by atoms with Crippen molar-refractivity contribution in [2.45, 2.75) is 12.5 Å². The lowest BCUT2D eigenvalue weighted by atomic mass is 10.1. The second-order valence-electron chi connectivity index (χ2n) is 6.94. The van der Waals surface area contributed by atoms with Crippen molar-refractivity contribution in [3.63, 3.8) is 0 Å². The molecule has 0 saturated carbocycles. The van der Waals surface area contributed by atoms with Gasteiger partial charge >= 0.3 is 0 Å². The number of nitrogens with two attached hydrogens (primary N) is 1. The van der Waals surface area contributed by atoms with Gasteiger partial charge in [-0.05, 0) is 48.5 Å². The normalized spacial score (nSPS) is 15.3. The zero-order chi connectivity index (χ0) is 21.8. The van der Waals surface area contributed by atoms with E-state index in [-0.39, 0.29) is 12.1 Å². The van der Waals surface area contributed by atoms with Crippen molar-refractivity contribution in [1.82, 2.24) is 5.43 Å². The molecule has 0 bridgehead atoms. The molecule has 0 aliphatic carbocycles. The number of carbonyl (C=O) groups excluding carboxylic acids is 2. The molecule has 7 nitrogen and oxygen atoms in total. The second-order valence-corrected chi connectivity index (χ2v) is 6.94. The van der Waals surface area contributed by atoms with Gasteiger partial charge in [-0.2, -0.15) is 5.10 Å². The van der Waals surface area contributed by atoms with Crippen LogP contribution in [0.1, 0.15) is 6.42 Å². The Bertz CT molecular complexity index is 1060. The summed E-state index contributed by atoms with van der Waals surface area (Å²) in [5.41, 5.74) is 10.5. The molecule has 31 heavy (non-hydrogen) atoms. The number of hydrazine groups is 1. The Labute approximate surface area is 178 Å². The van der Waals surface area contributed by atoms with Gasteiger partial charge in [-0.15, -0.1) is 0 Å². The number of benzene rings is 3. The molecule has 3 aromatic rings. The van der Waals surface area contributed by atoms with Crippen molar-refractivity contribution in [3.8, 4) is 0 Å². The molecule has 0 aromatic heterocycles. The van der Waals surface area contributed by atoms with Crippen molar-refractivity contribution < 1.29 is 14.0 Å². The lowest BCUT2D eigenvalue weighted by Gasteiger charge is -2.25. The van der Waals surface area contributed by atoms with E-state index in [9.17, 15) is 14.0 Å². The number of anilines is 3. The van der Waals surface area contributed by atoms with Gasteiger partial charge in [-0.25, -0.2) is 4.39 Å². The van der Waals surface area contributed by atoms with E-state index >= 15 is 0 Å². The van der Waals surface area contributed by atoms with E-state index in [0.29, 0.717) is 5.69 Å². The van der Waals surface area contributed by atoms with Crippen LogP contribution in [0.3, 0.4) is 0 Å². The number of hydrogen-bond donors (Lipinski definition) is 2. The number of hydrogen-bond acceptors (Lipinski definition) is 5. The summed E-state index contributed by atoms with van der Waals surface area (Å²) in [4.78, 5) is 25.1. The van der Waals surface area contributed by atoms with Crippen molar-refractivity contribution >= 4 is 34.6 Å². The zero-order valence-corrected chi connectivity index (χ0v) is 16.5. The van der Waals surface area contributed by atoms with Crippen LogP contribution in [-0.2, 0) is 9.59 Å². The Kier molecular flexibility index (Phi) is 5.61. The summed E-state index contributed by atoms with van der Waals surface area (Å²) in [5.74, 6) is -1.51. The minimum Gasteiger partial charge on any atom is -0.368 e. The first-order valence-electron chi connectivity index (χ1n) is 9.66. The Morgan fingerprint density at radius 3 is 2.00 bits per heavy atom. The molecule has 0 fully saturated rings. The van der Waals surface area contributed by atoms with E-state index in [1.165, 1.54) is 29.3 Å². The maximum Gasteiger partial charge on any atom is 0.286 e. The van der Waals surface area contributed by atoms with Gasteiger partial charge in [0.1, 0.15) is 17.6 Å². The Morgan fingerprint density at radius 1 is 0.935 bits per heavy atom. The van der Waals surface area contributed by atoms with Gasteiger partial charge in [0.05, 0.1) is 17.1 Å². The van der Waals surface area contributed by atoms with E-state index in [0.717, 1.165) is 11.4 Å². The fourth-order valence-electron chi connectivity index (χ4n) is 3.30. The third-order valence-electron chi connectivity index (χ3n) is 4.83. The monoisotopic (exact) mass is 417 g/mol. The summed E-state index contributed by atoms with van der Waals surface area (Å²) in [7, 11) is 0. The van der Waals surface area contributed by atoms with Crippen LogP contribution in [0.4, 0.5) is 21.5 Å². The highest BCUT2D eigenvalue weighted by Crippen LogP contribution is 2.26. The molecule has 4 rings (SSSR count). The summed E-state index contributed by atoms with van der Waals surface area (Å²) in [5, 5.41) is 7.32. The first kappa shape index (κ1) is 20.1. The smallest absolute Gasteiger partial charge is 0.286 e. The molecule has 0 saturated heterocycles. The minimum atomic E-state index is -0.840. The number of nitrogens with one attached hydrogen (secondary N) is 1. The van der Waals surface area contributed by atoms with Crippen LogP contribution in [0.15, 0.2) is 90.0 Å². The number of rotatable bonds is 6. The summed E-state index contributed by atoms with van der Waals surface area (Å²) in [6.07, 6.45) is 0.0377. The Morgan fingerprint density at radius 2 is 1.48 bits per heavy atom. The molecule has 156 valence electrons. The van der Waals surface area contributed by atoms with Crippen LogP contribution in [0.5, 0.6) is 0 Å². The molecular formula is C23H20FN5O2. The second kappa shape index (κ2) is 8.66. The van der Waals surface area contributed by atoms with E-state index < -0.39 is 23.7 Å². The average molecular weight is 417 g/mol. The molecule has 1 atom stereocenters. The van der Waals surface area contributed by atoms with E-state index in [1.807, 2.05) is 60.7 Å². The van der Waals surface area contributed by atoms with Gasteiger partial charge in [0, 0.05) is 6.42 Å². The highest BCUT2D eigenvalue weighted by Gasteiger charge is 2.35. The van der Waals surface area contributed by atoms with Crippen molar-refractivity contribution in [2.75, 3.05) is 10.0 Å². The number of carbonyl (C=O) groups is 2. The Hall–Kier alpha value is -4.20. The SMILES string of the molecule is NC(=O)[C@H]1CC(C(=O)NN(c2ccccc2)c2ccccc2)=NN1c1ccc(F)cc1. The largest absolute Gasteiger partial charge is 0.368 e. The number of amides is 2. The van der Waals surface area contributed by atoms with E-state index in [1.54, 1.807) is 5.01 Å². The van der Waals surface area contributed by atoms with Crippen LogP contribution in [-0.4, -0.2) is 23.6 Å². The highest BCUT2D eigenvalue weighted by atomic mass is 19.1. The van der Waals surface area contributed by atoms with E-state index in [4.69, 9.17) is 5.73 Å². The fourth-order valence-corrected chi connectivity index (χ4v) is 3.30. The number of halogens is 1. The maximum atomic E-state index is 13.3. The van der Waals surface area contributed by atoms with Gasteiger partial charge in [-0.1, -0.05) is 36.4 Å². The average Bonchev–Trinajstić information content (AvgIpc) is 3.25. The van der Waals surface area contributed by atoms with Gasteiger partial charge in [-0.3, -0.25) is 25.0 Å². The third-order valence-corrected chi connectivity index (χ3v) is 4.83. The fraction of sp³-hybridized carbons (Fsp3) is 0.0870. The number of primary amides is 1. The maximum absolute atomic E-state index is 13.3. The zero-order valence-electron chi connectivity index (χ0n) is 16.5. The first-order chi connectivity index (χ1) is 15.0. The topological polar surface area (TPSA) is 91.0 Å². The quantitative estimate of drug-likeness (QED) is 0.603. The molecule has 8 heteroatoms. The molecule has 2 amide bonds. The molecule has 0 spiro atoms. The predicted molar refractivity (Wildman–Crippen MR) is 117 cm³/mol. The molecule has 0 radical (unpaired) electrons. The molecule has 3 N–H and O–H groups in total. The van der Waals surface area contributed by atoms with Crippen LogP contribution < -0.4 is 21.2 Å². The lowest BCUT2D eigenvalue weighted by molar-refractivity contribution is -0.119. The summed E-state index contributed by atoms with van der Waals surface area (Å²) in [6, 6.07) is 23.3. The van der Waals surface area contributed by atoms with Gasteiger partial charge in [0.2, 0.25) is 5.91 Å². The van der Waals surface area contributed by atoms with Gasteiger partial charge in [0.15, 0.2) is 0 Å². The molecular weight excluding hydrogens is 397 g/mol. The van der Waals surface area contributed by atoms with Gasteiger partial charge in [0.25, 0.3) is 5.91 Å². The van der Waals surface area contributed by atoms with Crippen LogP contribution in [0.2, 0.25) is 0 Å². The van der Waals surface area contributed by atoms with Crippen LogP contribution in [0.25, 0.3) is 0 Å². The predicted octanol–water partition coefficient (Wildman–Crippen LogP) is 3.12. The van der Waals surface area contributed by atoms with Crippen molar-refractivity contribution in [2.24, 2.45) is 10.8 Å². The minimum absolute atomic E-state index is 0.0377. The third kappa shape index (κ3) is 4.37. The summed E-state index contributed by atoms with van der Waals surface area (Å²) in [6.45, 7) is 0. The number of nitrogens with zero attached hydrogens (tertiary/aromatic N) is 3. The van der Waals surface area contributed by atoms with E-state index in [2.05, 4.69) is 10.5 Å². The summed E-state index contributed by atoms with van der Waals surface area (Å²) >= 11 is 0. The molecule has 0 unspecified atom stereocenters. The first-order valence-corrected chi connectivity index (χ1v) is 9.66. The van der Waals surface area contributed by atoms with Crippen molar-refractivity contribution in [3.05, 3.63) is 90.7 Å². The number of hydrazone groups is 1. The van der Waals surface area contributed by atoms with Crippen molar-refractivity contribution in [1.29, 1.82) is 0 Å². The van der Waals surface area contributed by atoms with Gasteiger partial charge < -0.3 is 5.73 Å². The lowest BCUT2D eigenvalue weighted by Crippen LogP contribution is -2.43. The van der Waals surface area contributed by atoms with Crippen LogP contribution in [0, 0.1) is 5.82 Å². The highest BCUT2D eigenvalue weighted by molar-refractivity contribution is 6.40. The summed E-state index contributed by atoms with van der Waals surface area (Å²) < 4.78 is 13.3. The Balaban J connectivity index is 1.62. The number of para-hydroxylation sites is 2. The molecule has 1 aliphatic heterocycles.